The van der Waals surface area contributed by atoms with E-state index < -0.39 is 11.9 Å². The van der Waals surface area contributed by atoms with Crippen LogP contribution in [-0.2, 0) is 14.3 Å². The molecule has 0 radical (unpaired) electrons. The number of rotatable bonds is 6. The molecular weight excluding hydrogens is 280 g/mol. The monoisotopic (exact) mass is 292 g/mol. The van der Waals surface area contributed by atoms with Crippen molar-refractivity contribution in [2.75, 3.05) is 13.2 Å². The number of carbonyl (C=O) groups is 2. The molecule has 0 heterocycles. The van der Waals surface area contributed by atoms with E-state index in [2.05, 4.69) is 5.32 Å². The molecule has 1 aromatic rings. The van der Waals surface area contributed by atoms with Crippen molar-refractivity contribution < 1.29 is 14.3 Å². The van der Waals surface area contributed by atoms with Crippen LogP contribution in [0, 0.1) is 11.3 Å². The van der Waals surface area contributed by atoms with Crippen LogP contribution in [0.15, 0.2) is 30.3 Å². The molecule has 1 N–H and O–H groups in total. The van der Waals surface area contributed by atoms with Gasteiger partial charge in [0.15, 0.2) is 6.61 Å². The van der Waals surface area contributed by atoms with Gasteiger partial charge in [0.1, 0.15) is 0 Å². The third-order valence-electron chi connectivity index (χ3n) is 2.19. The first-order valence-corrected chi connectivity index (χ1v) is 6.23. The standard InChI is InChI=1S/C14H13ClN2O3/c15-12-5-2-11(3-6-12)4-7-14(19)20-10-13(18)17-9-1-8-16/h2-7H,1,9-10H2,(H,17,18)/b7-4+. The van der Waals surface area contributed by atoms with Crippen molar-refractivity contribution in [1.82, 2.24) is 5.32 Å². The fraction of sp³-hybridized carbons (Fsp3) is 0.214. The number of halogens is 1. The molecule has 1 rings (SSSR count). The van der Waals surface area contributed by atoms with Crippen molar-refractivity contribution >= 4 is 29.6 Å². The molecule has 1 aromatic carbocycles. The zero-order valence-electron chi connectivity index (χ0n) is 10.6. The molecule has 0 aliphatic rings. The van der Waals surface area contributed by atoms with Gasteiger partial charge in [0.25, 0.3) is 5.91 Å². The molecule has 0 spiro atoms. The SMILES string of the molecule is N#CCCNC(=O)COC(=O)/C=C/c1ccc(Cl)cc1. The Kier molecular flexibility index (Phi) is 6.87. The number of hydrogen-bond donors (Lipinski definition) is 1. The Morgan fingerprint density at radius 2 is 2.05 bits per heavy atom. The van der Waals surface area contributed by atoms with Gasteiger partial charge in [-0.15, -0.1) is 0 Å². The van der Waals surface area contributed by atoms with Crippen LogP contribution in [-0.4, -0.2) is 25.0 Å². The van der Waals surface area contributed by atoms with Gasteiger partial charge in [-0.1, -0.05) is 23.7 Å². The van der Waals surface area contributed by atoms with E-state index in [0.29, 0.717) is 5.02 Å². The smallest absolute Gasteiger partial charge is 0.331 e. The van der Waals surface area contributed by atoms with Gasteiger partial charge >= 0.3 is 5.97 Å². The molecule has 20 heavy (non-hydrogen) atoms. The van der Waals surface area contributed by atoms with Crippen LogP contribution < -0.4 is 5.32 Å². The fourth-order valence-electron chi connectivity index (χ4n) is 1.23. The summed E-state index contributed by atoms with van der Waals surface area (Å²) in [5, 5.41) is 11.3. The van der Waals surface area contributed by atoms with Crippen LogP contribution in [0.2, 0.25) is 5.02 Å². The minimum atomic E-state index is -0.615. The summed E-state index contributed by atoms with van der Waals surface area (Å²) in [5.74, 6) is -1.05. The minimum Gasteiger partial charge on any atom is -0.452 e. The van der Waals surface area contributed by atoms with E-state index in [9.17, 15) is 9.59 Å². The van der Waals surface area contributed by atoms with E-state index in [-0.39, 0.29) is 19.6 Å². The Balaban J connectivity index is 2.31. The maximum atomic E-state index is 11.4. The Labute approximate surface area is 121 Å². The summed E-state index contributed by atoms with van der Waals surface area (Å²) in [7, 11) is 0. The second kappa shape index (κ2) is 8.73. The second-order valence-corrected chi connectivity index (χ2v) is 4.19. The lowest BCUT2D eigenvalue weighted by Crippen LogP contribution is -2.29. The van der Waals surface area contributed by atoms with E-state index in [0.717, 1.165) is 5.56 Å². The highest BCUT2D eigenvalue weighted by molar-refractivity contribution is 6.30. The molecular formula is C14H13ClN2O3. The topological polar surface area (TPSA) is 79.2 Å². The summed E-state index contributed by atoms with van der Waals surface area (Å²) in [4.78, 5) is 22.5. The molecule has 0 unspecified atom stereocenters. The van der Waals surface area contributed by atoms with Crippen LogP contribution in [0.4, 0.5) is 0 Å². The van der Waals surface area contributed by atoms with Gasteiger partial charge in [0.2, 0.25) is 0 Å². The summed E-state index contributed by atoms with van der Waals surface area (Å²) >= 11 is 5.73. The Bertz CT molecular complexity index is 532. The maximum Gasteiger partial charge on any atom is 0.331 e. The number of benzene rings is 1. The van der Waals surface area contributed by atoms with E-state index in [1.54, 1.807) is 30.3 Å². The number of hydrogen-bond acceptors (Lipinski definition) is 4. The summed E-state index contributed by atoms with van der Waals surface area (Å²) in [6, 6.07) is 8.80. The summed E-state index contributed by atoms with van der Waals surface area (Å²) in [6.45, 7) is -0.122. The first-order chi connectivity index (χ1) is 9.61. The number of amides is 1. The summed E-state index contributed by atoms with van der Waals surface area (Å²) in [5.41, 5.74) is 0.796. The van der Waals surface area contributed by atoms with Crippen LogP contribution >= 0.6 is 11.6 Å². The Morgan fingerprint density at radius 3 is 2.70 bits per heavy atom. The van der Waals surface area contributed by atoms with Crippen molar-refractivity contribution in [1.29, 1.82) is 5.26 Å². The minimum absolute atomic E-state index is 0.218. The molecule has 5 nitrogen and oxygen atoms in total. The molecule has 1 amide bonds. The molecule has 0 atom stereocenters. The average Bonchev–Trinajstić information content (AvgIpc) is 2.45. The highest BCUT2D eigenvalue weighted by atomic mass is 35.5. The van der Waals surface area contributed by atoms with Crippen molar-refractivity contribution in [3.63, 3.8) is 0 Å². The highest BCUT2D eigenvalue weighted by Crippen LogP contribution is 2.10. The molecule has 0 saturated carbocycles. The van der Waals surface area contributed by atoms with Crippen molar-refractivity contribution in [3.05, 3.63) is 40.9 Å². The van der Waals surface area contributed by atoms with Crippen LogP contribution in [0.3, 0.4) is 0 Å². The van der Waals surface area contributed by atoms with Crippen molar-refractivity contribution in [3.8, 4) is 6.07 Å². The zero-order chi connectivity index (χ0) is 14.8. The van der Waals surface area contributed by atoms with Gasteiger partial charge in [-0.25, -0.2) is 4.79 Å². The normalized spacial score (nSPS) is 10.0. The largest absolute Gasteiger partial charge is 0.452 e. The molecule has 0 aliphatic carbocycles. The van der Waals surface area contributed by atoms with E-state index in [1.165, 1.54) is 6.08 Å². The third-order valence-corrected chi connectivity index (χ3v) is 2.44. The zero-order valence-corrected chi connectivity index (χ0v) is 11.4. The lowest BCUT2D eigenvalue weighted by molar-refractivity contribution is -0.143. The summed E-state index contributed by atoms with van der Waals surface area (Å²) in [6.07, 6.45) is 3.01. The number of nitrogens with one attached hydrogen (secondary N) is 1. The number of ether oxygens (including phenoxy) is 1. The van der Waals surface area contributed by atoms with Gasteiger partial charge in [-0.3, -0.25) is 4.79 Å². The number of nitrogens with zero attached hydrogens (tertiary/aromatic N) is 1. The molecule has 0 aromatic heterocycles. The maximum absolute atomic E-state index is 11.4. The van der Waals surface area contributed by atoms with E-state index >= 15 is 0 Å². The highest BCUT2D eigenvalue weighted by Gasteiger charge is 2.03. The molecule has 104 valence electrons. The molecule has 0 bridgehead atoms. The van der Waals surface area contributed by atoms with Gasteiger partial charge < -0.3 is 10.1 Å². The fourth-order valence-corrected chi connectivity index (χ4v) is 1.36. The van der Waals surface area contributed by atoms with E-state index in [4.69, 9.17) is 21.6 Å². The van der Waals surface area contributed by atoms with Crippen LogP contribution in [0.1, 0.15) is 12.0 Å². The lowest BCUT2D eigenvalue weighted by Gasteiger charge is -2.02. The molecule has 6 heteroatoms. The van der Waals surface area contributed by atoms with Crippen molar-refractivity contribution in [2.45, 2.75) is 6.42 Å². The molecule has 0 fully saturated rings. The van der Waals surface area contributed by atoms with Crippen LogP contribution in [0.5, 0.6) is 0 Å². The van der Waals surface area contributed by atoms with Gasteiger partial charge in [0.05, 0.1) is 12.5 Å². The average molecular weight is 293 g/mol. The first kappa shape index (κ1) is 15.7. The third kappa shape index (κ3) is 6.57. The number of carbonyl (C=O) groups excluding carboxylic acids is 2. The van der Waals surface area contributed by atoms with Crippen LogP contribution in [0.25, 0.3) is 6.08 Å². The predicted molar refractivity (Wildman–Crippen MR) is 74.7 cm³/mol. The van der Waals surface area contributed by atoms with Gasteiger partial charge in [-0.2, -0.15) is 5.26 Å². The number of nitriles is 1. The molecule has 0 aliphatic heterocycles. The van der Waals surface area contributed by atoms with Crippen molar-refractivity contribution in [2.24, 2.45) is 0 Å². The summed E-state index contributed by atoms with van der Waals surface area (Å²) < 4.78 is 4.73. The predicted octanol–water partition coefficient (Wildman–Crippen LogP) is 1.93. The van der Waals surface area contributed by atoms with E-state index in [1.807, 2.05) is 6.07 Å². The second-order valence-electron chi connectivity index (χ2n) is 3.75. The van der Waals surface area contributed by atoms with Gasteiger partial charge in [-0.05, 0) is 23.8 Å². The molecule has 0 saturated heterocycles. The lowest BCUT2D eigenvalue weighted by atomic mass is 10.2. The Morgan fingerprint density at radius 1 is 1.35 bits per heavy atom. The Hall–Kier alpha value is -2.32. The van der Waals surface area contributed by atoms with Gasteiger partial charge in [0, 0.05) is 17.6 Å². The quantitative estimate of drug-likeness (QED) is 0.493. The first-order valence-electron chi connectivity index (χ1n) is 5.86. The number of esters is 1.